The fourth-order valence-electron chi connectivity index (χ4n) is 1.03. The first-order valence-corrected chi connectivity index (χ1v) is 4.66. The van der Waals surface area contributed by atoms with Crippen molar-refractivity contribution < 1.29 is 9.53 Å². The summed E-state index contributed by atoms with van der Waals surface area (Å²) >= 11 is 5.73. The van der Waals surface area contributed by atoms with Crippen LogP contribution in [0.1, 0.15) is 5.56 Å². The fourth-order valence-corrected chi connectivity index (χ4v) is 1.16. The van der Waals surface area contributed by atoms with Gasteiger partial charge in [0.15, 0.2) is 0 Å². The molecule has 1 aromatic rings. The summed E-state index contributed by atoms with van der Waals surface area (Å²) in [4.78, 5) is 10.7. The zero-order chi connectivity index (χ0) is 10.4. The normalized spacial score (nSPS) is 9.57. The lowest BCUT2D eigenvalue weighted by molar-refractivity contribution is 0.171. The molecule has 0 fully saturated rings. The van der Waals surface area contributed by atoms with Crippen LogP contribution in [0.3, 0.4) is 0 Å². The minimum atomic E-state index is -0.404. The van der Waals surface area contributed by atoms with E-state index in [2.05, 4.69) is 10.1 Å². The van der Waals surface area contributed by atoms with E-state index in [4.69, 9.17) is 11.6 Å². The Hall–Kier alpha value is -1.22. The summed E-state index contributed by atoms with van der Waals surface area (Å²) < 4.78 is 4.44. The van der Waals surface area contributed by atoms with Gasteiger partial charge in [-0.25, -0.2) is 4.79 Å². The summed E-state index contributed by atoms with van der Waals surface area (Å²) in [7, 11) is 1.34. The molecule has 4 heteroatoms. The Balaban J connectivity index is 2.31. The van der Waals surface area contributed by atoms with E-state index in [1.165, 1.54) is 7.11 Å². The first kappa shape index (κ1) is 10.9. The first-order valence-electron chi connectivity index (χ1n) is 4.28. The molecule has 0 saturated carbocycles. The zero-order valence-electron chi connectivity index (χ0n) is 7.92. The van der Waals surface area contributed by atoms with Gasteiger partial charge in [0, 0.05) is 11.6 Å². The number of amides is 1. The van der Waals surface area contributed by atoms with Crippen molar-refractivity contribution in [2.75, 3.05) is 13.7 Å². The number of nitrogens with one attached hydrogen (secondary N) is 1. The van der Waals surface area contributed by atoms with Crippen LogP contribution in [0, 0.1) is 0 Å². The number of hydrogen-bond acceptors (Lipinski definition) is 2. The van der Waals surface area contributed by atoms with Gasteiger partial charge in [0.2, 0.25) is 0 Å². The number of rotatable bonds is 3. The van der Waals surface area contributed by atoms with Crippen molar-refractivity contribution in [2.45, 2.75) is 6.42 Å². The van der Waals surface area contributed by atoms with Crippen molar-refractivity contribution in [1.29, 1.82) is 0 Å². The second-order valence-electron chi connectivity index (χ2n) is 2.79. The van der Waals surface area contributed by atoms with Crippen LogP contribution in [-0.4, -0.2) is 19.7 Å². The van der Waals surface area contributed by atoms with Crippen molar-refractivity contribution in [3.63, 3.8) is 0 Å². The lowest BCUT2D eigenvalue weighted by atomic mass is 10.1. The zero-order valence-corrected chi connectivity index (χ0v) is 8.67. The molecule has 0 atom stereocenters. The van der Waals surface area contributed by atoms with Crippen LogP contribution < -0.4 is 5.32 Å². The Bertz CT molecular complexity index is 297. The Labute approximate surface area is 88.0 Å². The van der Waals surface area contributed by atoms with E-state index in [1.807, 2.05) is 24.3 Å². The third-order valence-corrected chi connectivity index (χ3v) is 2.03. The minimum absolute atomic E-state index is 0.404. The van der Waals surface area contributed by atoms with Crippen LogP contribution >= 0.6 is 11.6 Å². The number of benzene rings is 1. The molecule has 1 N–H and O–H groups in total. The molecule has 0 aliphatic rings. The molecule has 0 radical (unpaired) electrons. The number of hydrogen-bond donors (Lipinski definition) is 1. The minimum Gasteiger partial charge on any atom is -0.453 e. The van der Waals surface area contributed by atoms with Crippen LogP contribution in [0.4, 0.5) is 4.79 Å². The molecule has 3 nitrogen and oxygen atoms in total. The summed E-state index contributed by atoms with van der Waals surface area (Å²) in [5.41, 5.74) is 1.13. The van der Waals surface area contributed by atoms with Gasteiger partial charge in [-0.1, -0.05) is 23.7 Å². The van der Waals surface area contributed by atoms with Crippen molar-refractivity contribution in [3.8, 4) is 0 Å². The number of ether oxygens (including phenoxy) is 1. The number of methoxy groups -OCH3 is 1. The van der Waals surface area contributed by atoms with Crippen molar-refractivity contribution in [3.05, 3.63) is 34.9 Å². The van der Waals surface area contributed by atoms with Crippen LogP contribution in [0.5, 0.6) is 0 Å². The Morgan fingerprint density at radius 3 is 2.64 bits per heavy atom. The first-order chi connectivity index (χ1) is 6.72. The van der Waals surface area contributed by atoms with Gasteiger partial charge >= 0.3 is 6.09 Å². The van der Waals surface area contributed by atoms with E-state index < -0.39 is 6.09 Å². The number of halogens is 1. The molecule has 0 bridgehead atoms. The molecular formula is C10H12ClNO2. The molecule has 0 saturated heterocycles. The smallest absolute Gasteiger partial charge is 0.406 e. The van der Waals surface area contributed by atoms with Crippen molar-refractivity contribution >= 4 is 17.7 Å². The SMILES string of the molecule is COC(=O)NCCc1ccc(Cl)cc1. The predicted molar refractivity (Wildman–Crippen MR) is 55.6 cm³/mol. The van der Waals surface area contributed by atoms with E-state index in [1.54, 1.807) is 0 Å². The van der Waals surface area contributed by atoms with Crippen molar-refractivity contribution in [2.24, 2.45) is 0 Å². The summed E-state index contributed by atoms with van der Waals surface area (Å²) in [5.74, 6) is 0. The van der Waals surface area contributed by atoms with Gasteiger partial charge in [0.1, 0.15) is 0 Å². The monoisotopic (exact) mass is 213 g/mol. The quantitative estimate of drug-likeness (QED) is 0.837. The Morgan fingerprint density at radius 2 is 2.07 bits per heavy atom. The second kappa shape index (κ2) is 5.50. The number of carbonyl (C=O) groups is 1. The topological polar surface area (TPSA) is 38.3 Å². The van der Waals surface area contributed by atoms with Gasteiger partial charge in [0.25, 0.3) is 0 Å². The van der Waals surface area contributed by atoms with E-state index in [9.17, 15) is 4.79 Å². The Morgan fingerprint density at radius 1 is 1.43 bits per heavy atom. The van der Waals surface area contributed by atoms with E-state index >= 15 is 0 Å². The third-order valence-electron chi connectivity index (χ3n) is 1.78. The van der Waals surface area contributed by atoms with Gasteiger partial charge in [-0.15, -0.1) is 0 Å². The average Bonchev–Trinajstić information content (AvgIpc) is 2.21. The van der Waals surface area contributed by atoms with Crippen LogP contribution in [-0.2, 0) is 11.2 Å². The summed E-state index contributed by atoms with van der Waals surface area (Å²) in [5, 5.41) is 3.32. The molecule has 0 heterocycles. The molecule has 76 valence electrons. The van der Waals surface area contributed by atoms with E-state index in [0.717, 1.165) is 17.0 Å². The highest BCUT2D eigenvalue weighted by molar-refractivity contribution is 6.30. The number of alkyl carbamates (subject to hydrolysis) is 1. The summed E-state index contributed by atoms with van der Waals surface area (Å²) in [6, 6.07) is 7.52. The molecule has 1 amide bonds. The Kier molecular flexibility index (Phi) is 4.26. The standard InChI is InChI=1S/C10H12ClNO2/c1-14-10(13)12-7-6-8-2-4-9(11)5-3-8/h2-5H,6-7H2,1H3,(H,12,13). The maximum atomic E-state index is 10.7. The van der Waals surface area contributed by atoms with Gasteiger partial charge in [0.05, 0.1) is 7.11 Å². The van der Waals surface area contributed by atoms with Gasteiger partial charge in [-0.05, 0) is 24.1 Å². The molecule has 0 spiro atoms. The number of carbonyl (C=O) groups excluding carboxylic acids is 1. The van der Waals surface area contributed by atoms with Crippen LogP contribution in [0.15, 0.2) is 24.3 Å². The molecule has 0 unspecified atom stereocenters. The highest BCUT2D eigenvalue weighted by Gasteiger charge is 1.97. The predicted octanol–water partition coefficient (Wildman–Crippen LogP) is 2.24. The van der Waals surface area contributed by atoms with Gasteiger partial charge in [-0.2, -0.15) is 0 Å². The molecule has 1 aromatic carbocycles. The maximum absolute atomic E-state index is 10.7. The largest absolute Gasteiger partial charge is 0.453 e. The van der Waals surface area contributed by atoms with Crippen molar-refractivity contribution in [1.82, 2.24) is 5.32 Å². The lowest BCUT2D eigenvalue weighted by Crippen LogP contribution is -2.25. The summed E-state index contributed by atoms with van der Waals surface area (Å²) in [6.07, 6.45) is 0.366. The fraction of sp³-hybridized carbons (Fsp3) is 0.300. The van der Waals surface area contributed by atoms with E-state index in [0.29, 0.717) is 6.54 Å². The average molecular weight is 214 g/mol. The van der Waals surface area contributed by atoms with Gasteiger partial charge < -0.3 is 10.1 Å². The molecule has 0 aliphatic carbocycles. The lowest BCUT2D eigenvalue weighted by Gasteiger charge is -2.03. The molecule has 0 aromatic heterocycles. The molecule has 1 rings (SSSR count). The van der Waals surface area contributed by atoms with Crippen LogP contribution in [0.2, 0.25) is 5.02 Å². The molecule has 14 heavy (non-hydrogen) atoms. The third kappa shape index (κ3) is 3.66. The summed E-state index contributed by atoms with van der Waals surface area (Å²) in [6.45, 7) is 0.564. The van der Waals surface area contributed by atoms with Gasteiger partial charge in [-0.3, -0.25) is 0 Å². The molecular weight excluding hydrogens is 202 g/mol. The second-order valence-corrected chi connectivity index (χ2v) is 3.23. The maximum Gasteiger partial charge on any atom is 0.406 e. The van der Waals surface area contributed by atoms with Crippen LogP contribution in [0.25, 0.3) is 0 Å². The molecule has 0 aliphatic heterocycles. The highest BCUT2D eigenvalue weighted by Crippen LogP contribution is 2.09. The van der Waals surface area contributed by atoms with E-state index in [-0.39, 0.29) is 0 Å². The highest BCUT2D eigenvalue weighted by atomic mass is 35.5.